The van der Waals surface area contributed by atoms with Crippen molar-refractivity contribution in [3.05, 3.63) is 51.2 Å². The van der Waals surface area contributed by atoms with Crippen LogP contribution in [0.25, 0.3) is 0 Å². The first-order chi connectivity index (χ1) is 12.1. The van der Waals surface area contributed by atoms with E-state index in [1.807, 2.05) is 0 Å². The molecule has 25 heavy (non-hydrogen) atoms. The van der Waals surface area contributed by atoms with Crippen LogP contribution in [0.1, 0.15) is 17.2 Å². The van der Waals surface area contributed by atoms with E-state index in [0.717, 1.165) is 0 Å². The Morgan fingerprint density at radius 1 is 1.20 bits per heavy atom. The number of methoxy groups -OCH3 is 2. The third-order valence-corrected chi connectivity index (χ3v) is 4.43. The van der Waals surface area contributed by atoms with Crippen LogP contribution < -0.4 is 9.47 Å². The molecule has 0 radical (unpaired) electrons. The van der Waals surface area contributed by atoms with Gasteiger partial charge in [-0.3, -0.25) is 4.98 Å². The number of rotatable bonds is 8. The quantitative estimate of drug-likeness (QED) is 0.590. The molecule has 1 unspecified atom stereocenters. The number of hydrogen-bond acceptors (Lipinski definition) is 6. The maximum Gasteiger partial charge on any atom is 0.188 e. The third kappa shape index (κ3) is 4.83. The molecule has 132 valence electrons. The Morgan fingerprint density at radius 2 is 1.88 bits per heavy atom. The van der Waals surface area contributed by atoms with E-state index in [2.05, 4.69) is 27.0 Å². The van der Waals surface area contributed by atoms with Gasteiger partial charge in [0.1, 0.15) is 23.1 Å². The Hall–Kier alpha value is -1.85. The lowest BCUT2D eigenvalue weighted by Gasteiger charge is -2.18. The summed E-state index contributed by atoms with van der Waals surface area (Å²) in [7, 11) is 3.03. The maximum absolute atomic E-state index is 9.78. The van der Waals surface area contributed by atoms with Crippen molar-refractivity contribution in [1.29, 1.82) is 5.26 Å². The molecule has 0 fully saturated rings. The molecular formula is C17H16BrClN2O4. The van der Waals surface area contributed by atoms with Crippen molar-refractivity contribution >= 4 is 27.5 Å². The van der Waals surface area contributed by atoms with Gasteiger partial charge in [0.05, 0.1) is 11.1 Å². The highest BCUT2D eigenvalue weighted by Gasteiger charge is 2.24. The summed E-state index contributed by atoms with van der Waals surface area (Å²) in [6, 6.07) is 9.06. The van der Waals surface area contributed by atoms with Gasteiger partial charge in [-0.15, -0.1) is 0 Å². The molecule has 0 amide bonds. The van der Waals surface area contributed by atoms with Crippen molar-refractivity contribution < 1.29 is 18.9 Å². The molecule has 0 N–H and O–H groups in total. The van der Waals surface area contributed by atoms with Crippen molar-refractivity contribution in [1.82, 2.24) is 4.98 Å². The highest BCUT2D eigenvalue weighted by molar-refractivity contribution is 9.10. The zero-order chi connectivity index (χ0) is 18.2. The monoisotopic (exact) mass is 426 g/mol. The molecule has 1 aromatic heterocycles. The van der Waals surface area contributed by atoms with E-state index >= 15 is 0 Å². The zero-order valence-electron chi connectivity index (χ0n) is 13.7. The molecule has 1 aromatic carbocycles. The first-order valence-electron chi connectivity index (χ1n) is 7.19. The predicted molar refractivity (Wildman–Crippen MR) is 95.9 cm³/mol. The molecule has 0 saturated heterocycles. The summed E-state index contributed by atoms with van der Waals surface area (Å²) in [5.74, 6) is 0.165. The molecule has 0 saturated carbocycles. The summed E-state index contributed by atoms with van der Waals surface area (Å²) in [5, 5.41) is 10.2. The summed E-state index contributed by atoms with van der Waals surface area (Å²) in [6.07, 6.45) is 1.60. The highest BCUT2D eigenvalue weighted by Crippen LogP contribution is 2.39. The summed E-state index contributed by atoms with van der Waals surface area (Å²) in [6.45, 7) is 0.0759. The molecule has 1 atom stereocenters. The number of aromatic nitrogens is 1. The van der Waals surface area contributed by atoms with Gasteiger partial charge in [0.25, 0.3) is 0 Å². The van der Waals surface area contributed by atoms with Crippen LogP contribution in [0.3, 0.4) is 0 Å². The molecular weight excluding hydrogens is 412 g/mol. The molecule has 0 bridgehead atoms. The Bertz CT molecular complexity index is 767. The van der Waals surface area contributed by atoms with Gasteiger partial charge in [-0.2, -0.15) is 5.26 Å². The highest BCUT2D eigenvalue weighted by atomic mass is 79.9. The Morgan fingerprint density at radius 3 is 2.52 bits per heavy atom. The molecule has 6 nitrogen and oxygen atoms in total. The van der Waals surface area contributed by atoms with Gasteiger partial charge in [-0.1, -0.05) is 11.6 Å². The molecule has 1 heterocycles. The number of halogens is 2. The van der Waals surface area contributed by atoms with Crippen LogP contribution in [-0.2, 0) is 9.47 Å². The van der Waals surface area contributed by atoms with Gasteiger partial charge in [0.2, 0.25) is 0 Å². The average molecular weight is 428 g/mol. The average Bonchev–Trinajstić information content (AvgIpc) is 2.63. The smallest absolute Gasteiger partial charge is 0.188 e. The molecule has 0 aliphatic carbocycles. The fraction of sp³-hybridized carbons (Fsp3) is 0.294. The SMILES string of the molecule is COCOc1cc(Cl)c(Br)cc1C(C#N)c1ncccc1OCOC. The zero-order valence-corrected chi connectivity index (χ0v) is 16.0. The van der Waals surface area contributed by atoms with Crippen LogP contribution in [-0.4, -0.2) is 32.8 Å². The van der Waals surface area contributed by atoms with E-state index < -0.39 is 5.92 Å². The molecule has 2 aromatic rings. The number of ether oxygens (including phenoxy) is 4. The van der Waals surface area contributed by atoms with E-state index in [4.69, 9.17) is 30.5 Å². The second-order valence-corrected chi connectivity index (χ2v) is 6.12. The number of hydrogen-bond donors (Lipinski definition) is 0. The minimum absolute atomic E-state index is 0.0262. The predicted octanol–water partition coefficient (Wildman–Crippen LogP) is 4.12. The Kier molecular flexibility index (Phi) is 7.47. The van der Waals surface area contributed by atoms with Crippen molar-refractivity contribution in [2.24, 2.45) is 0 Å². The van der Waals surface area contributed by atoms with Crippen molar-refractivity contribution in [2.45, 2.75) is 5.92 Å². The molecule has 2 rings (SSSR count). The van der Waals surface area contributed by atoms with E-state index in [1.54, 1.807) is 30.5 Å². The number of pyridine rings is 1. The van der Waals surface area contributed by atoms with Gasteiger partial charge in [0.15, 0.2) is 13.6 Å². The Balaban J connectivity index is 2.51. The van der Waals surface area contributed by atoms with Crippen LogP contribution in [0.2, 0.25) is 5.02 Å². The van der Waals surface area contributed by atoms with E-state index in [0.29, 0.717) is 32.3 Å². The van der Waals surface area contributed by atoms with E-state index in [1.165, 1.54) is 14.2 Å². The fourth-order valence-corrected chi connectivity index (χ4v) is 2.67. The topological polar surface area (TPSA) is 73.6 Å². The van der Waals surface area contributed by atoms with E-state index in [9.17, 15) is 5.26 Å². The first kappa shape index (κ1) is 19.5. The minimum atomic E-state index is -0.728. The number of nitrogens with zero attached hydrogens (tertiary/aromatic N) is 2. The van der Waals surface area contributed by atoms with Gasteiger partial charge < -0.3 is 18.9 Å². The number of nitriles is 1. The fourth-order valence-electron chi connectivity index (χ4n) is 2.16. The first-order valence-corrected chi connectivity index (χ1v) is 8.36. The Labute approximate surface area is 159 Å². The lowest BCUT2D eigenvalue weighted by Crippen LogP contribution is -2.10. The minimum Gasteiger partial charge on any atom is -0.467 e. The van der Waals surface area contributed by atoms with Crippen LogP contribution in [0, 0.1) is 11.3 Å². The second kappa shape index (κ2) is 9.59. The summed E-state index contributed by atoms with van der Waals surface area (Å²) >= 11 is 9.53. The third-order valence-electron chi connectivity index (χ3n) is 3.23. The van der Waals surface area contributed by atoms with Crippen LogP contribution in [0.15, 0.2) is 34.9 Å². The van der Waals surface area contributed by atoms with Crippen molar-refractivity contribution in [3.8, 4) is 17.6 Å². The van der Waals surface area contributed by atoms with Crippen LogP contribution >= 0.6 is 27.5 Å². The normalized spacial score (nSPS) is 11.6. The molecule has 0 aliphatic rings. The number of benzene rings is 1. The van der Waals surface area contributed by atoms with Crippen molar-refractivity contribution in [3.63, 3.8) is 0 Å². The molecule has 8 heteroatoms. The molecule has 0 aliphatic heterocycles. The van der Waals surface area contributed by atoms with Gasteiger partial charge >= 0.3 is 0 Å². The second-order valence-electron chi connectivity index (χ2n) is 4.85. The summed E-state index contributed by atoms with van der Waals surface area (Å²) in [4.78, 5) is 4.31. The lowest BCUT2D eigenvalue weighted by atomic mass is 9.95. The van der Waals surface area contributed by atoms with Gasteiger partial charge in [-0.25, -0.2) is 0 Å². The lowest BCUT2D eigenvalue weighted by molar-refractivity contribution is 0.0493. The van der Waals surface area contributed by atoms with Gasteiger partial charge in [-0.05, 0) is 34.1 Å². The maximum atomic E-state index is 9.78. The van der Waals surface area contributed by atoms with Crippen LogP contribution in [0.5, 0.6) is 11.5 Å². The largest absolute Gasteiger partial charge is 0.467 e. The van der Waals surface area contributed by atoms with Crippen LogP contribution in [0.4, 0.5) is 0 Å². The van der Waals surface area contributed by atoms with Crippen molar-refractivity contribution in [2.75, 3.05) is 27.8 Å². The molecule has 0 spiro atoms. The van der Waals surface area contributed by atoms with E-state index in [-0.39, 0.29) is 13.6 Å². The van der Waals surface area contributed by atoms with Gasteiger partial charge in [0, 0.05) is 36.5 Å². The summed E-state index contributed by atoms with van der Waals surface area (Å²) in [5.41, 5.74) is 1.05. The standard InChI is InChI=1S/C17H16BrClN2O4/c1-22-9-24-15-4-3-5-21-17(15)12(8-20)11-6-13(18)14(19)7-16(11)25-10-23-2/h3-7,12H,9-10H2,1-2H3. The summed E-state index contributed by atoms with van der Waals surface area (Å²) < 4.78 is 21.6.